The van der Waals surface area contributed by atoms with E-state index in [2.05, 4.69) is 15.6 Å². The molecule has 0 aliphatic heterocycles. The highest BCUT2D eigenvalue weighted by Crippen LogP contribution is 2.08. The lowest BCUT2D eigenvalue weighted by Gasteiger charge is -2.06. The standard InChI is InChI=1S/C15H17N3O2S/c19-14(10-13-5-2-9-21-13)17-7-3-8-18-15(20)12-4-1-6-16-11-12/h1-2,4-6,9,11H,3,7-8,10H2,(H,17,19)(H,18,20). The number of nitrogens with zero attached hydrogens (tertiary/aromatic N) is 1. The molecule has 21 heavy (non-hydrogen) atoms. The smallest absolute Gasteiger partial charge is 0.252 e. The molecule has 0 spiro atoms. The molecule has 0 bridgehead atoms. The van der Waals surface area contributed by atoms with Gasteiger partial charge in [0.15, 0.2) is 0 Å². The van der Waals surface area contributed by atoms with Gasteiger partial charge in [-0.1, -0.05) is 6.07 Å². The lowest BCUT2D eigenvalue weighted by atomic mass is 10.2. The van der Waals surface area contributed by atoms with Gasteiger partial charge >= 0.3 is 0 Å². The molecule has 2 heterocycles. The first-order valence-corrected chi connectivity index (χ1v) is 7.61. The van der Waals surface area contributed by atoms with Crippen LogP contribution in [0.4, 0.5) is 0 Å². The first-order chi connectivity index (χ1) is 10.3. The summed E-state index contributed by atoms with van der Waals surface area (Å²) in [6.07, 6.45) is 4.26. The Labute approximate surface area is 127 Å². The highest BCUT2D eigenvalue weighted by Gasteiger charge is 2.05. The van der Waals surface area contributed by atoms with Crippen LogP contribution in [0.2, 0.25) is 0 Å². The summed E-state index contributed by atoms with van der Waals surface area (Å²) in [7, 11) is 0. The number of aromatic nitrogens is 1. The maximum Gasteiger partial charge on any atom is 0.252 e. The Kier molecular flexibility index (Phi) is 5.90. The van der Waals surface area contributed by atoms with Crippen molar-refractivity contribution in [3.8, 4) is 0 Å². The Morgan fingerprint density at radius 2 is 2.00 bits per heavy atom. The molecule has 0 aromatic carbocycles. The van der Waals surface area contributed by atoms with Crippen molar-refractivity contribution >= 4 is 23.2 Å². The molecule has 0 atom stereocenters. The fraction of sp³-hybridized carbons (Fsp3) is 0.267. The zero-order valence-corrected chi connectivity index (χ0v) is 12.4. The highest BCUT2D eigenvalue weighted by atomic mass is 32.1. The molecule has 0 aliphatic carbocycles. The first kappa shape index (κ1) is 15.2. The lowest BCUT2D eigenvalue weighted by Crippen LogP contribution is -2.30. The second-order valence-corrected chi connectivity index (χ2v) is 5.49. The maximum absolute atomic E-state index is 11.7. The van der Waals surface area contributed by atoms with Gasteiger partial charge in [-0.15, -0.1) is 11.3 Å². The molecular weight excluding hydrogens is 286 g/mol. The molecule has 0 saturated carbocycles. The average Bonchev–Trinajstić information content (AvgIpc) is 3.00. The summed E-state index contributed by atoms with van der Waals surface area (Å²) in [5.41, 5.74) is 0.541. The Hall–Kier alpha value is -2.21. The van der Waals surface area contributed by atoms with Crippen LogP contribution in [0.25, 0.3) is 0 Å². The number of thiophene rings is 1. The SMILES string of the molecule is O=C(Cc1cccs1)NCCCNC(=O)c1cccnc1. The number of hydrogen-bond donors (Lipinski definition) is 2. The van der Waals surface area contributed by atoms with Gasteiger partial charge in [-0.05, 0) is 30.0 Å². The summed E-state index contributed by atoms with van der Waals surface area (Å²) in [6.45, 7) is 1.07. The van der Waals surface area contributed by atoms with Gasteiger partial charge in [0, 0.05) is 30.4 Å². The monoisotopic (exact) mass is 303 g/mol. The Morgan fingerprint density at radius 3 is 2.71 bits per heavy atom. The minimum absolute atomic E-state index is 0.0102. The average molecular weight is 303 g/mol. The van der Waals surface area contributed by atoms with Crippen molar-refractivity contribution in [2.45, 2.75) is 12.8 Å². The van der Waals surface area contributed by atoms with Gasteiger partial charge in [0.1, 0.15) is 0 Å². The van der Waals surface area contributed by atoms with Crippen molar-refractivity contribution in [1.29, 1.82) is 0 Å². The quantitative estimate of drug-likeness (QED) is 0.764. The van der Waals surface area contributed by atoms with Crippen molar-refractivity contribution in [1.82, 2.24) is 15.6 Å². The summed E-state index contributed by atoms with van der Waals surface area (Å²) < 4.78 is 0. The van der Waals surface area contributed by atoms with Crippen molar-refractivity contribution in [2.24, 2.45) is 0 Å². The zero-order valence-electron chi connectivity index (χ0n) is 11.5. The normalized spacial score (nSPS) is 10.1. The fourth-order valence-corrected chi connectivity index (χ4v) is 2.45. The molecule has 2 aromatic heterocycles. The maximum atomic E-state index is 11.7. The molecule has 0 fully saturated rings. The second kappa shape index (κ2) is 8.16. The van der Waals surface area contributed by atoms with E-state index >= 15 is 0 Å². The van der Waals surface area contributed by atoms with Crippen LogP contribution in [0.5, 0.6) is 0 Å². The van der Waals surface area contributed by atoms with E-state index in [-0.39, 0.29) is 11.8 Å². The Bertz CT molecular complexity index is 570. The summed E-state index contributed by atoms with van der Waals surface area (Å²) >= 11 is 1.57. The number of hydrogen-bond acceptors (Lipinski definition) is 4. The van der Waals surface area contributed by atoms with E-state index in [1.807, 2.05) is 17.5 Å². The number of nitrogens with one attached hydrogen (secondary N) is 2. The minimum Gasteiger partial charge on any atom is -0.356 e. The van der Waals surface area contributed by atoms with Crippen LogP contribution in [0.1, 0.15) is 21.7 Å². The van der Waals surface area contributed by atoms with Crippen LogP contribution in [0, 0.1) is 0 Å². The van der Waals surface area contributed by atoms with E-state index in [0.29, 0.717) is 31.5 Å². The van der Waals surface area contributed by atoms with Crippen molar-refractivity contribution < 1.29 is 9.59 Å². The van der Waals surface area contributed by atoms with Gasteiger partial charge in [0.25, 0.3) is 5.91 Å². The molecule has 5 nitrogen and oxygen atoms in total. The number of amides is 2. The summed E-state index contributed by atoms with van der Waals surface area (Å²) in [5.74, 6) is -0.135. The van der Waals surface area contributed by atoms with E-state index in [0.717, 1.165) is 4.88 Å². The van der Waals surface area contributed by atoms with Gasteiger partial charge in [0.05, 0.1) is 12.0 Å². The third-order valence-electron chi connectivity index (χ3n) is 2.80. The van der Waals surface area contributed by atoms with Crippen molar-refractivity contribution in [3.63, 3.8) is 0 Å². The predicted molar refractivity (Wildman–Crippen MR) is 82.2 cm³/mol. The van der Waals surface area contributed by atoms with Gasteiger partial charge in [-0.2, -0.15) is 0 Å². The third kappa shape index (κ3) is 5.35. The number of rotatable bonds is 7. The van der Waals surface area contributed by atoms with Gasteiger partial charge in [0.2, 0.25) is 5.91 Å². The van der Waals surface area contributed by atoms with Gasteiger partial charge in [-0.25, -0.2) is 0 Å². The molecule has 0 aliphatic rings. The largest absolute Gasteiger partial charge is 0.356 e. The lowest BCUT2D eigenvalue weighted by molar-refractivity contribution is -0.120. The molecular formula is C15H17N3O2S. The van der Waals surface area contributed by atoms with Gasteiger partial charge < -0.3 is 10.6 Å². The molecule has 2 amide bonds. The first-order valence-electron chi connectivity index (χ1n) is 6.73. The molecule has 0 unspecified atom stereocenters. The second-order valence-electron chi connectivity index (χ2n) is 4.46. The zero-order chi connectivity index (χ0) is 14.9. The molecule has 2 rings (SSSR count). The number of carbonyl (C=O) groups is 2. The highest BCUT2D eigenvalue weighted by molar-refractivity contribution is 7.10. The van der Waals surface area contributed by atoms with Gasteiger partial charge in [-0.3, -0.25) is 14.6 Å². The van der Waals surface area contributed by atoms with E-state index in [4.69, 9.17) is 0 Å². The van der Waals surface area contributed by atoms with Crippen LogP contribution in [-0.4, -0.2) is 29.9 Å². The third-order valence-corrected chi connectivity index (χ3v) is 3.68. The van der Waals surface area contributed by atoms with Crippen LogP contribution in [0.15, 0.2) is 42.0 Å². The van der Waals surface area contributed by atoms with Crippen molar-refractivity contribution in [2.75, 3.05) is 13.1 Å². The van der Waals surface area contributed by atoms with E-state index in [9.17, 15) is 9.59 Å². The Balaban J connectivity index is 1.58. The van der Waals surface area contributed by atoms with Crippen molar-refractivity contribution in [3.05, 3.63) is 52.5 Å². The molecule has 0 radical (unpaired) electrons. The predicted octanol–water partition coefficient (Wildman–Crippen LogP) is 1.62. The molecule has 2 N–H and O–H groups in total. The Morgan fingerprint density at radius 1 is 1.14 bits per heavy atom. The number of pyridine rings is 1. The summed E-state index contributed by atoms with van der Waals surface area (Å²) in [4.78, 5) is 28.3. The van der Waals surface area contributed by atoms with Crippen LogP contribution < -0.4 is 10.6 Å². The van der Waals surface area contributed by atoms with E-state index < -0.39 is 0 Å². The summed E-state index contributed by atoms with van der Waals surface area (Å²) in [5, 5.41) is 7.58. The molecule has 0 saturated heterocycles. The molecule has 110 valence electrons. The topological polar surface area (TPSA) is 71.1 Å². The molecule has 6 heteroatoms. The number of carbonyl (C=O) groups excluding carboxylic acids is 2. The van der Waals surface area contributed by atoms with Crippen LogP contribution in [-0.2, 0) is 11.2 Å². The van der Waals surface area contributed by atoms with E-state index in [1.54, 1.807) is 29.7 Å². The minimum atomic E-state index is -0.145. The van der Waals surface area contributed by atoms with Crippen LogP contribution in [0.3, 0.4) is 0 Å². The van der Waals surface area contributed by atoms with E-state index in [1.165, 1.54) is 6.20 Å². The fourth-order valence-electron chi connectivity index (χ4n) is 1.75. The molecule has 2 aromatic rings. The summed E-state index contributed by atoms with van der Waals surface area (Å²) in [6, 6.07) is 7.31. The van der Waals surface area contributed by atoms with Crippen LogP contribution >= 0.6 is 11.3 Å².